The summed E-state index contributed by atoms with van der Waals surface area (Å²) in [6.07, 6.45) is 2.42. The van der Waals surface area contributed by atoms with Gasteiger partial charge in [0.05, 0.1) is 19.3 Å². The van der Waals surface area contributed by atoms with Gasteiger partial charge in [-0.3, -0.25) is 9.69 Å². The number of hydrogen-bond acceptors (Lipinski definition) is 6. The molecule has 0 spiro atoms. The Morgan fingerprint density at radius 2 is 1.73 bits per heavy atom. The van der Waals surface area contributed by atoms with E-state index >= 15 is 0 Å². The number of methoxy groups -OCH3 is 1. The summed E-state index contributed by atoms with van der Waals surface area (Å²) in [5, 5.41) is 0. The van der Waals surface area contributed by atoms with Gasteiger partial charge in [-0.05, 0) is 50.8 Å². The van der Waals surface area contributed by atoms with Crippen molar-refractivity contribution in [1.29, 1.82) is 0 Å². The Hall–Kier alpha value is -1.68. The summed E-state index contributed by atoms with van der Waals surface area (Å²) in [5.74, 6) is 0.688. The fraction of sp³-hybridized carbons (Fsp3) is 0.708. The molecule has 3 rings (SSSR count). The fourth-order valence-electron chi connectivity index (χ4n) is 5.01. The van der Waals surface area contributed by atoms with Crippen LogP contribution in [0.4, 0.5) is 0 Å². The largest absolute Gasteiger partial charge is 0.495 e. The van der Waals surface area contributed by atoms with Crippen molar-refractivity contribution in [3.05, 3.63) is 23.8 Å². The summed E-state index contributed by atoms with van der Waals surface area (Å²) in [4.78, 5) is 17.6. The molecule has 1 aromatic rings. The van der Waals surface area contributed by atoms with Gasteiger partial charge in [0.25, 0.3) is 5.91 Å². The number of piperidine rings is 1. The van der Waals surface area contributed by atoms with Crippen LogP contribution in [0.3, 0.4) is 0 Å². The zero-order chi connectivity index (χ0) is 24.2. The highest BCUT2D eigenvalue weighted by Crippen LogP contribution is 2.29. The number of hydrogen-bond donors (Lipinski definition) is 0. The minimum absolute atomic E-state index is 0.0463. The van der Waals surface area contributed by atoms with Crippen LogP contribution in [0.5, 0.6) is 5.75 Å². The van der Waals surface area contributed by atoms with Gasteiger partial charge in [-0.1, -0.05) is 13.8 Å². The lowest BCUT2D eigenvalue weighted by molar-refractivity contribution is -0.0728. The molecular formula is C24H39N3O5S. The maximum absolute atomic E-state index is 13.2. The first-order valence-electron chi connectivity index (χ1n) is 12.0. The van der Waals surface area contributed by atoms with E-state index in [9.17, 15) is 13.2 Å². The van der Waals surface area contributed by atoms with Crippen molar-refractivity contribution in [2.24, 2.45) is 5.92 Å². The number of morpholine rings is 1. The van der Waals surface area contributed by atoms with Crippen molar-refractivity contribution in [3.63, 3.8) is 0 Å². The van der Waals surface area contributed by atoms with Crippen LogP contribution in [-0.2, 0) is 14.8 Å². The van der Waals surface area contributed by atoms with E-state index in [0.717, 1.165) is 32.5 Å². The molecule has 0 bridgehead atoms. The van der Waals surface area contributed by atoms with Crippen molar-refractivity contribution in [2.45, 2.75) is 57.6 Å². The maximum Gasteiger partial charge on any atom is 0.253 e. The second-order valence-corrected chi connectivity index (χ2v) is 11.1. The third-order valence-corrected chi connectivity index (χ3v) is 8.72. The Bertz CT molecular complexity index is 901. The predicted octanol–water partition coefficient (Wildman–Crippen LogP) is 2.69. The van der Waals surface area contributed by atoms with Gasteiger partial charge in [0.1, 0.15) is 10.6 Å². The van der Waals surface area contributed by atoms with E-state index < -0.39 is 10.0 Å². The first kappa shape index (κ1) is 25.9. The summed E-state index contributed by atoms with van der Waals surface area (Å²) >= 11 is 0. The average Bonchev–Trinajstić information content (AvgIpc) is 2.78. The molecule has 2 unspecified atom stereocenters. The van der Waals surface area contributed by atoms with E-state index in [0.29, 0.717) is 37.7 Å². The molecule has 0 radical (unpaired) electrons. The van der Waals surface area contributed by atoms with Crippen LogP contribution in [-0.4, -0.2) is 93.6 Å². The van der Waals surface area contributed by atoms with Crippen LogP contribution < -0.4 is 4.74 Å². The molecule has 2 saturated heterocycles. The molecule has 1 amide bonds. The minimum Gasteiger partial charge on any atom is -0.495 e. The number of rotatable bonds is 8. The van der Waals surface area contributed by atoms with Gasteiger partial charge in [0.2, 0.25) is 10.0 Å². The van der Waals surface area contributed by atoms with Gasteiger partial charge >= 0.3 is 0 Å². The molecule has 0 aromatic heterocycles. The van der Waals surface area contributed by atoms with Crippen molar-refractivity contribution < 1.29 is 22.7 Å². The predicted molar refractivity (Wildman–Crippen MR) is 128 cm³/mol. The lowest BCUT2D eigenvalue weighted by Gasteiger charge is -2.39. The Kier molecular flexibility index (Phi) is 8.77. The van der Waals surface area contributed by atoms with Crippen LogP contribution in [0.25, 0.3) is 0 Å². The first-order chi connectivity index (χ1) is 15.7. The monoisotopic (exact) mass is 481 g/mol. The Labute approximate surface area is 198 Å². The highest BCUT2D eigenvalue weighted by atomic mass is 32.2. The molecule has 2 fully saturated rings. The van der Waals surface area contributed by atoms with Crippen molar-refractivity contribution >= 4 is 15.9 Å². The molecule has 2 aliphatic heterocycles. The number of amides is 1. The van der Waals surface area contributed by atoms with Crippen LogP contribution in [0.2, 0.25) is 0 Å². The van der Waals surface area contributed by atoms with Crippen LogP contribution in [0.15, 0.2) is 23.1 Å². The molecule has 33 heavy (non-hydrogen) atoms. The molecule has 2 atom stereocenters. The van der Waals surface area contributed by atoms with Crippen molar-refractivity contribution in [2.75, 3.05) is 52.9 Å². The summed E-state index contributed by atoms with van der Waals surface area (Å²) in [6, 6.07) is 4.71. The minimum atomic E-state index is -3.74. The topological polar surface area (TPSA) is 79.4 Å². The van der Waals surface area contributed by atoms with Gasteiger partial charge in [-0.25, -0.2) is 8.42 Å². The number of ether oxygens (including phenoxy) is 2. The zero-order valence-corrected chi connectivity index (χ0v) is 21.4. The lowest BCUT2D eigenvalue weighted by atomic mass is 9.95. The van der Waals surface area contributed by atoms with E-state index in [1.807, 2.05) is 4.90 Å². The van der Waals surface area contributed by atoms with E-state index in [1.54, 1.807) is 26.0 Å². The lowest BCUT2D eigenvalue weighted by Crippen LogP contribution is -2.48. The molecule has 9 heteroatoms. The molecule has 0 aliphatic carbocycles. The Morgan fingerprint density at radius 3 is 2.27 bits per heavy atom. The van der Waals surface area contributed by atoms with E-state index in [1.165, 1.54) is 17.5 Å². The fourth-order valence-corrected chi connectivity index (χ4v) is 6.65. The highest BCUT2D eigenvalue weighted by Gasteiger charge is 2.30. The normalized spacial score (nSPS) is 23.2. The molecule has 0 N–H and O–H groups in total. The number of sulfonamides is 1. The van der Waals surface area contributed by atoms with Gasteiger partial charge in [0.15, 0.2) is 0 Å². The number of carbonyl (C=O) groups excluding carboxylic acids is 1. The number of benzene rings is 1. The summed E-state index contributed by atoms with van der Waals surface area (Å²) in [6.45, 7) is 12.9. The second kappa shape index (κ2) is 11.2. The Morgan fingerprint density at radius 1 is 1.12 bits per heavy atom. The van der Waals surface area contributed by atoms with E-state index in [2.05, 4.69) is 18.7 Å². The van der Waals surface area contributed by atoms with Gasteiger partial charge in [-0.2, -0.15) is 4.31 Å². The second-order valence-electron chi connectivity index (χ2n) is 9.17. The van der Waals surface area contributed by atoms with Gasteiger partial charge in [-0.15, -0.1) is 0 Å². The highest BCUT2D eigenvalue weighted by molar-refractivity contribution is 7.89. The van der Waals surface area contributed by atoms with Crippen LogP contribution in [0, 0.1) is 5.92 Å². The quantitative estimate of drug-likeness (QED) is 0.568. The standard InChI is InChI=1S/C24H39N3O5S/c1-6-27(7-2)33(29,30)23-14-21(8-9-22(23)31-5)24(28)26-12-10-20(11-13-26)17-25-15-18(3)32-19(4)16-25/h8-9,14,18-20H,6-7,10-13,15-17H2,1-5H3. The first-order valence-corrected chi connectivity index (χ1v) is 13.5. The van der Waals surface area contributed by atoms with Crippen LogP contribution >= 0.6 is 0 Å². The summed E-state index contributed by atoms with van der Waals surface area (Å²) in [5.41, 5.74) is 0.385. The van der Waals surface area contributed by atoms with E-state index in [4.69, 9.17) is 9.47 Å². The molecule has 1 aromatic carbocycles. The zero-order valence-electron chi connectivity index (χ0n) is 20.6. The molecule has 2 heterocycles. The van der Waals surface area contributed by atoms with Gasteiger partial charge < -0.3 is 14.4 Å². The molecule has 2 aliphatic rings. The molecule has 186 valence electrons. The number of likely N-dealkylation sites (tertiary alicyclic amines) is 1. The van der Waals surface area contributed by atoms with Crippen molar-refractivity contribution in [3.8, 4) is 5.75 Å². The third-order valence-electron chi connectivity index (χ3n) is 6.65. The molecule has 8 nitrogen and oxygen atoms in total. The maximum atomic E-state index is 13.2. The van der Waals surface area contributed by atoms with E-state index in [-0.39, 0.29) is 28.8 Å². The number of nitrogens with zero attached hydrogens (tertiary/aromatic N) is 3. The average molecular weight is 482 g/mol. The van der Waals surface area contributed by atoms with Crippen molar-refractivity contribution in [1.82, 2.24) is 14.1 Å². The third kappa shape index (κ3) is 6.07. The van der Waals surface area contributed by atoms with Crippen LogP contribution in [0.1, 0.15) is 50.9 Å². The summed E-state index contributed by atoms with van der Waals surface area (Å²) in [7, 11) is -2.30. The number of carbonyl (C=O) groups is 1. The molecule has 0 saturated carbocycles. The molecular weight excluding hydrogens is 442 g/mol. The smallest absolute Gasteiger partial charge is 0.253 e. The SMILES string of the molecule is CCN(CC)S(=O)(=O)c1cc(C(=O)N2CCC(CN3CC(C)OC(C)C3)CC2)ccc1OC. The summed E-state index contributed by atoms with van der Waals surface area (Å²) < 4.78 is 38.7. The van der Waals surface area contributed by atoms with Gasteiger partial charge in [0, 0.05) is 51.4 Å². The Balaban J connectivity index is 1.67.